The molecule has 0 radical (unpaired) electrons. The smallest absolute Gasteiger partial charge is 0.319 e. The number of urea groups is 1. The number of ether oxygens (including phenoxy) is 1. The zero-order valence-electron chi connectivity index (χ0n) is 27.3. The molecule has 2 aliphatic rings. The molecule has 250 valence electrons. The van der Waals surface area contributed by atoms with Crippen LogP contribution in [0.25, 0.3) is 11.4 Å². The third-order valence-corrected chi connectivity index (χ3v) is 9.51. The van der Waals surface area contributed by atoms with Crippen LogP contribution < -0.4 is 20.7 Å². The van der Waals surface area contributed by atoms with Crippen LogP contribution in [0.15, 0.2) is 78.9 Å². The van der Waals surface area contributed by atoms with Gasteiger partial charge in [0.2, 0.25) is 11.8 Å². The fourth-order valence-corrected chi connectivity index (χ4v) is 7.13. The molecule has 1 aliphatic carbocycles. The molecule has 1 aliphatic heterocycles. The van der Waals surface area contributed by atoms with Crippen LogP contribution in [0.1, 0.15) is 75.0 Å². The van der Waals surface area contributed by atoms with Gasteiger partial charge in [0.25, 0.3) is 0 Å². The Morgan fingerprint density at radius 2 is 1.75 bits per heavy atom. The van der Waals surface area contributed by atoms with Crippen molar-refractivity contribution in [3.05, 3.63) is 90.0 Å². The lowest BCUT2D eigenvalue weighted by Crippen LogP contribution is -2.54. The first-order chi connectivity index (χ1) is 23.3. The highest BCUT2D eigenvalue weighted by Crippen LogP contribution is 2.42. The molecule has 48 heavy (non-hydrogen) atoms. The number of methoxy groups -OCH3 is 1. The highest BCUT2D eigenvalue weighted by molar-refractivity contribution is 5.95. The number of carbonyl (C=O) groups excluding carboxylic acids is 3. The molecule has 12 nitrogen and oxygen atoms in total. The van der Waals surface area contributed by atoms with Crippen molar-refractivity contribution in [2.45, 2.75) is 75.4 Å². The third kappa shape index (κ3) is 7.64. The molecule has 4 aromatic rings. The second-order valence-corrected chi connectivity index (χ2v) is 13.0. The molecule has 4 amide bonds. The summed E-state index contributed by atoms with van der Waals surface area (Å²) in [7, 11) is 1.63. The molecule has 1 saturated carbocycles. The van der Waals surface area contributed by atoms with Crippen molar-refractivity contribution in [1.29, 1.82) is 0 Å². The maximum Gasteiger partial charge on any atom is 0.319 e. The van der Waals surface area contributed by atoms with Gasteiger partial charge in [0.1, 0.15) is 18.3 Å². The second-order valence-electron chi connectivity index (χ2n) is 13.0. The van der Waals surface area contributed by atoms with Crippen LogP contribution in [-0.4, -0.2) is 68.6 Å². The average molecular weight is 651 g/mol. The first-order valence-electron chi connectivity index (χ1n) is 16.5. The van der Waals surface area contributed by atoms with Gasteiger partial charge in [-0.3, -0.25) is 9.59 Å². The maximum atomic E-state index is 14.6. The normalized spacial score (nSPS) is 20.8. The van der Waals surface area contributed by atoms with Gasteiger partial charge in [0.15, 0.2) is 5.82 Å². The minimum Gasteiger partial charge on any atom is -0.496 e. The van der Waals surface area contributed by atoms with Crippen molar-refractivity contribution in [2.24, 2.45) is 0 Å². The molecule has 2 fully saturated rings. The fraction of sp³-hybridized carbons (Fsp3) is 0.389. The summed E-state index contributed by atoms with van der Waals surface area (Å²) in [6.07, 6.45) is 5.95. The zero-order valence-corrected chi connectivity index (χ0v) is 27.3. The van der Waals surface area contributed by atoms with Crippen molar-refractivity contribution in [3.63, 3.8) is 0 Å². The van der Waals surface area contributed by atoms with Crippen LogP contribution in [0.3, 0.4) is 0 Å². The second kappa shape index (κ2) is 14.7. The fourth-order valence-electron chi connectivity index (χ4n) is 7.13. The number of hydrogen-bond donors (Lipinski definition) is 4. The number of nitrogens with one attached hydrogen (secondary N) is 4. The maximum absolute atomic E-state index is 14.6. The van der Waals surface area contributed by atoms with Crippen LogP contribution in [0.5, 0.6) is 5.75 Å². The van der Waals surface area contributed by atoms with Gasteiger partial charge in [-0.2, -0.15) is 0 Å². The van der Waals surface area contributed by atoms with Crippen LogP contribution in [-0.2, 0) is 9.59 Å². The molecule has 12 heteroatoms. The van der Waals surface area contributed by atoms with Crippen LogP contribution in [0.4, 0.5) is 10.5 Å². The van der Waals surface area contributed by atoms with E-state index in [1.165, 1.54) is 0 Å². The largest absolute Gasteiger partial charge is 0.496 e. The van der Waals surface area contributed by atoms with E-state index in [-0.39, 0.29) is 29.8 Å². The van der Waals surface area contributed by atoms with Crippen molar-refractivity contribution in [1.82, 2.24) is 36.2 Å². The van der Waals surface area contributed by atoms with E-state index in [0.29, 0.717) is 35.7 Å². The molecule has 2 heterocycles. The van der Waals surface area contributed by atoms with Crippen LogP contribution in [0, 0.1) is 0 Å². The predicted molar refractivity (Wildman–Crippen MR) is 181 cm³/mol. The number of aromatic amines is 1. The van der Waals surface area contributed by atoms with E-state index < -0.39 is 18.1 Å². The molecule has 3 aromatic carbocycles. The number of tetrazole rings is 1. The van der Waals surface area contributed by atoms with Gasteiger partial charge < -0.3 is 25.6 Å². The third-order valence-electron chi connectivity index (χ3n) is 9.51. The number of rotatable bonds is 9. The number of aromatic nitrogens is 4. The molecule has 0 bridgehead atoms. The lowest BCUT2D eigenvalue weighted by atomic mass is 9.83. The molecular formula is C36H42N8O4. The molecular weight excluding hydrogens is 608 g/mol. The van der Waals surface area contributed by atoms with Crippen LogP contribution in [0.2, 0.25) is 0 Å². The van der Waals surface area contributed by atoms with Gasteiger partial charge in [-0.1, -0.05) is 79.9 Å². The summed E-state index contributed by atoms with van der Waals surface area (Å²) in [5, 5.41) is 23.0. The number of anilines is 1. The lowest BCUT2D eigenvalue weighted by molar-refractivity contribution is -0.140. The van der Waals surface area contributed by atoms with E-state index in [9.17, 15) is 14.4 Å². The van der Waals surface area contributed by atoms with Crippen molar-refractivity contribution >= 4 is 23.5 Å². The summed E-state index contributed by atoms with van der Waals surface area (Å²) in [5.74, 6) is 0.473. The number of hydrogen-bond acceptors (Lipinski definition) is 7. The van der Waals surface area contributed by atoms with E-state index in [1.54, 1.807) is 30.2 Å². The molecule has 3 unspecified atom stereocenters. The lowest BCUT2D eigenvalue weighted by Gasteiger charge is -2.37. The highest BCUT2D eigenvalue weighted by atomic mass is 16.5. The first-order valence-corrected chi connectivity index (χ1v) is 16.5. The Morgan fingerprint density at radius 1 is 0.979 bits per heavy atom. The Kier molecular flexibility index (Phi) is 9.98. The Morgan fingerprint density at radius 3 is 2.50 bits per heavy atom. The quantitative estimate of drug-likeness (QED) is 0.190. The zero-order chi connectivity index (χ0) is 33.5. The number of carbonyl (C=O) groups is 3. The highest BCUT2D eigenvalue weighted by Gasteiger charge is 2.41. The molecule has 0 spiro atoms. The van der Waals surface area contributed by atoms with Crippen molar-refractivity contribution in [3.8, 4) is 17.1 Å². The van der Waals surface area contributed by atoms with Gasteiger partial charge in [-0.15, -0.1) is 5.10 Å². The van der Waals surface area contributed by atoms with E-state index in [1.807, 2.05) is 60.7 Å². The Hall–Kier alpha value is -5.26. The van der Waals surface area contributed by atoms with E-state index in [2.05, 4.69) is 43.5 Å². The number of H-pyrrole nitrogens is 1. The van der Waals surface area contributed by atoms with Crippen molar-refractivity contribution < 1.29 is 19.1 Å². The molecule has 1 saturated heterocycles. The number of benzene rings is 3. The summed E-state index contributed by atoms with van der Waals surface area (Å²) >= 11 is 0. The minimum atomic E-state index is -0.923. The van der Waals surface area contributed by atoms with E-state index in [4.69, 9.17) is 4.74 Å². The first kappa shape index (κ1) is 32.7. The van der Waals surface area contributed by atoms with Gasteiger partial charge in [-0.05, 0) is 78.3 Å². The Bertz CT molecular complexity index is 1710. The van der Waals surface area contributed by atoms with Gasteiger partial charge in [0.05, 0.1) is 13.2 Å². The summed E-state index contributed by atoms with van der Waals surface area (Å²) < 4.78 is 5.75. The minimum absolute atomic E-state index is 0.125. The Balaban J connectivity index is 1.31. The van der Waals surface area contributed by atoms with Crippen molar-refractivity contribution in [2.75, 3.05) is 19.0 Å². The molecule has 1 aromatic heterocycles. The number of likely N-dealkylation sites (tertiary alicyclic amines) is 1. The number of amides is 4. The summed E-state index contributed by atoms with van der Waals surface area (Å²) in [6, 6.07) is 22.8. The van der Waals surface area contributed by atoms with E-state index >= 15 is 0 Å². The monoisotopic (exact) mass is 650 g/mol. The van der Waals surface area contributed by atoms with Gasteiger partial charge >= 0.3 is 6.03 Å². The number of para-hydroxylation sites is 1. The van der Waals surface area contributed by atoms with Gasteiger partial charge in [-0.25, -0.2) is 9.89 Å². The molecule has 6 rings (SSSR count). The standard InChI is InChI=1S/C36H42N8O4/c1-36(18-9-4-10-19-36)39-32(45)23-44-30(24-12-5-3-6-13-24)22-26(28-16-7-8-17-31(28)48-2)21-29(34(44)46)38-35(47)37-27-15-11-14-25(20-27)33-40-42-43-41-33/h3,5-8,11-17,20,26,29-30H,4,9-10,18-19,21-23H2,1-2H3,(H,39,45)(H2,37,38,47)(H,40,41,42,43). The average Bonchev–Trinajstić information content (AvgIpc) is 3.61. The summed E-state index contributed by atoms with van der Waals surface area (Å²) in [6.45, 7) is 1.96. The van der Waals surface area contributed by atoms with Gasteiger partial charge in [0, 0.05) is 16.8 Å². The number of nitrogens with zero attached hydrogens (tertiary/aromatic N) is 4. The van der Waals surface area contributed by atoms with E-state index in [0.717, 1.165) is 43.2 Å². The van der Waals surface area contributed by atoms with Crippen LogP contribution >= 0.6 is 0 Å². The molecule has 4 N–H and O–H groups in total. The Labute approximate surface area is 280 Å². The predicted octanol–water partition coefficient (Wildman–Crippen LogP) is 5.35. The summed E-state index contributed by atoms with van der Waals surface area (Å²) in [5.41, 5.74) is 2.75. The molecule has 3 atom stereocenters. The topological polar surface area (TPSA) is 154 Å². The summed E-state index contributed by atoms with van der Waals surface area (Å²) in [4.78, 5) is 43.5. The SMILES string of the molecule is COc1ccccc1C1CC(NC(=O)Nc2cccc(-c3nnn[nH]3)c2)C(=O)N(CC(=O)NC2(C)CCCCC2)C(c2ccccc2)C1.